The minimum atomic E-state index is 0.514. The number of hydrogen-bond donors (Lipinski definition) is 1. The predicted octanol–water partition coefficient (Wildman–Crippen LogP) is 1.34. The molecular weight excluding hydrogens is 98.1 g/mol. The molecule has 1 heteroatoms. The highest BCUT2D eigenvalue weighted by atomic mass is 14.5. The zero-order valence-electron chi connectivity index (χ0n) is 5.57. The Bertz CT molecular complexity index is 92.7. The van der Waals surface area contributed by atoms with Crippen LogP contribution in [0.4, 0.5) is 0 Å². The summed E-state index contributed by atoms with van der Waals surface area (Å²) < 4.78 is 0. The molecule has 0 amide bonds. The van der Waals surface area contributed by atoms with Gasteiger partial charge in [0.05, 0.1) is 0 Å². The number of rotatable bonds is 2. The van der Waals surface area contributed by atoms with Crippen molar-refractivity contribution < 1.29 is 0 Å². The van der Waals surface area contributed by atoms with Crippen molar-refractivity contribution in [2.24, 2.45) is 11.7 Å². The van der Waals surface area contributed by atoms with Crippen LogP contribution in [-0.4, -0.2) is 0 Å². The molecule has 2 N–H and O–H groups in total. The van der Waals surface area contributed by atoms with Crippen LogP contribution in [0.2, 0.25) is 0 Å². The average molecular weight is 111 g/mol. The molecule has 0 aliphatic heterocycles. The van der Waals surface area contributed by atoms with E-state index in [0.29, 0.717) is 5.92 Å². The monoisotopic (exact) mass is 111 g/mol. The molecule has 0 aliphatic carbocycles. The normalized spacial score (nSPS) is 8.38. The average Bonchev–Trinajstić information content (AvgIpc) is 1.83. The van der Waals surface area contributed by atoms with E-state index < -0.39 is 0 Å². The molecule has 0 saturated heterocycles. The van der Waals surface area contributed by atoms with Gasteiger partial charge in [-0.05, 0) is 12.8 Å². The first-order chi connectivity index (χ1) is 3.85. The van der Waals surface area contributed by atoms with E-state index >= 15 is 0 Å². The second kappa shape index (κ2) is 4.52. The molecule has 0 spiro atoms. The predicted molar refractivity (Wildman–Crippen MR) is 36.0 cm³/mol. The Morgan fingerprint density at radius 3 is 2.00 bits per heavy atom. The standard InChI is InChI=1S/C7H13N/c1-3-7(4-2)5-6-8/h7H,3-4,8H2,1-2H3. The van der Waals surface area contributed by atoms with E-state index in [1.807, 2.05) is 0 Å². The van der Waals surface area contributed by atoms with E-state index in [0.717, 1.165) is 12.8 Å². The summed E-state index contributed by atoms with van der Waals surface area (Å²) in [5.74, 6) is 3.42. The van der Waals surface area contributed by atoms with E-state index in [1.165, 1.54) is 0 Å². The van der Waals surface area contributed by atoms with Crippen LogP contribution in [0, 0.1) is 17.9 Å². The first-order valence-corrected chi connectivity index (χ1v) is 3.06. The summed E-state index contributed by atoms with van der Waals surface area (Å²) in [4.78, 5) is 0. The van der Waals surface area contributed by atoms with Crippen molar-refractivity contribution in [1.29, 1.82) is 0 Å². The Labute approximate surface area is 51.3 Å². The van der Waals surface area contributed by atoms with Gasteiger partial charge in [0.1, 0.15) is 0 Å². The molecule has 0 aliphatic rings. The van der Waals surface area contributed by atoms with Crippen LogP contribution in [0.25, 0.3) is 0 Å². The molecule has 0 rings (SSSR count). The maximum atomic E-state index is 5.02. The minimum absolute atomic E-state index is 0.514. The quantitative estimate of drug-likeness (QED) is 0.422. The van der Waals surface area contributed by atoms with Gasteiger partial charge in [-0.25, -0.2) is 0 Å². The Kier molecular flexibility index (Phi) is 4.16. The van der Waals surface area contributed by atoms with Crippen molar-refractivity contribution in [2.75, 3.05) is 0 Å². The van der Waals surface area contributed by atoms with Crippen molar-refractivity contribution in [2.45, 2.75) is 26.7 Å². The van der Waals surface area contributed by atoms with Crippen LogP contribution >= 0.6 is 0 Å². The summed E-state index contributed by atoms with van der Waals surface area (Å²) in [6, 6.07) is 2.42. The molecule has 0 aromatic heterocycles. The molecule has 0 radical (unpaired) electrons. The van der Waals surface area contributed by atoms with E-state index in [9.17, 15) is 0 Å². The maximum absolute atomic E-state index is 5.02. The Morgan fingerprint density at radius 2 is 1.88 bits per heavy atom. The number of nitrogens with two attached hydrogens (primary N) is 1. The summed E-state index contributed by atoms with van der Waals surface area (Å²) in [5, 5.41) is 0. The van der Waals surface area contributed by atoms with Crippen LogP contribution in [0.5, 0.6) is 0 Å². The van der Waals surface area contributed by atoms with E-state index in [2.05, 4.69) is 25.8 Å². The van der Waals surface area contributed by atoms with Crippen LogP contribution in [0.15, 0.2) is 0 Å². The molecule has 0 unspecified atom stereocenters. The van der Waals surface area contributed by atoms with Crippen molar-refractivity contribution in [3.63, 3.8) is 0 Å². The molecule has 8 heavy (non-hydrogen) atoms. The zero-order valence-corrected chi connectivity index (χ0v) is 5.57. The lowest BCUT2D eigenvalue weighted by molar-refractivity contribution is 0.627. The van der Waals surface area contributed by atoms with E-state index in [4.69, 9.17) is 5.73 Å². The van der Waals surface area contributed by atoms with Gasteiger partial charge in [0.2, 0.25) is 0 Å². The van der Waals surface area contributed by atoms with Crippen molar-refractivity contribution in [3.8, 4) is 12.0 Å². The highest BCUT2D eigenvalue weighted by Crippen LogP contribution is 2.03. The molecular formula is C7H13N. The van der Waals surface area contributed by atoms with Gasteiger partial charge in [0.15, 0.2) is 0 Å². The lowest BCUT2D eigenvalue weighted by Crippen LogP contribution is -1.92. The Morgan fingerprint density at radius 1 is 1.38 bits per heavy atom. The highest BCUT2D eigenvalue weighted by Gasteiger charge is 1.94. The highest BCUT2D eigenvalue weighted by molar-refractivity contribution is 4.98. The molecule has 0 aromatic rings. The molecule has 0 atom stereocenters. The molecule has 0 saturated carbocycles. The van der Waals surface area contributed by atoms with Crippen LogP contribution in [-0.2, 0) is 0 Å². The van der Waals surface area contributed by atoms with E-state index in [1.54, 1.807) is 0 Å². The number of hydrogen-bond acceptors (Lipinski definition) is 1. The van der Waals surface area contributed by atoms with Gasteiger partial charge in [-0.1, -0.05) is 19.8 Å². The van der Waals surface area contributed by atoms with Crippen molar-refractivity contribution >= 4 is 0 Å². The smallest absolute Gasteiger partial charge is 0.0215 e. The zero-order chi connectivity index (χ0) is 6.41. The fourth-order valence-electron chi connectivity index (χ4n) is 0.611. The van der Waals surface area contributed by atoms with Crippen molar-refractivity contribution in [1.82, 2.24) is 0 Å². The molecule has 0 aromatic carbocycles. The molecule has 46 valence electrons. The second-order valence-electron chi connectivity index (χ2n) is 1.80. The fraction of sp³-hybridized carbons (Fsp3) is 0.714. The molecule has 0 bridgehead atoms. The van der Waals surface area contributed by atoms with Crippen LogP contribution < -0.4 is 5.73 Å². The lowest BCUT2D eigenvalue weighted by atomic mass is 10.1. The molecule has 0 fully saturated rings. The summed E-state index contributed by atoms with van der Waals surface area (Å²) in [6.45, 7) is 4.25. The van der Waals surface area contributed by atoms with E-state index in [-0.39, 0.29) is 0 Å². The first-order valence-electron chi connectivity index (χ1n) is 3.06. The molecule has 0 heterocycles. The SMILES string of the molecule is CCC(C#CN)CC. The third-order valence-corrected chi connectivity index (χ3v) is 1.27. The summed E-state index contributed by atoms with van der Waals surface area (Å²) in [7, 11) is 0. The van der Waals surface area contributed by atoms with Gasteiger partial charge in [0.25, 0.3) is 0 Å². The second-order valence-corrected chi connectivity index (χ2v) is 1.80. The Hall–Kier alpha value is -0.640. The van der Waals surface area contributed by atoms with Crippen LogP contribution in [0.1, 0.15) is 26.7 Å². The fourth-order valence-corrected chi connectivity index (χ4v) is 0.611. The lowest BCUT2D eigenvalue weighted by Gasteiger charge is -1.98. The third kappa shape index (κ3) is 2.52. The third-order valence-electron chi connectivity index (χ3n) is 1.27. The first kappa shape index (κ1) is 7.36. The van der Waals surface area contributed by atoms with Crippen LogP contribution in [0.3, 0.4) is 0 Å². The van der Waals surface area contributed by atoms with Crippen molar-refractivity contribution in [3.05, 3.63) is 0 Å². The van der Waals surface area contributed by atoms with Gasteiger partial charge in [0, 0.05) is 12.0 Å². The van der Waals surface area contributed by atoms with Gasteiger partial charge in [-0.15, -0.1) is 0 Å². The maximum Gasteiger partial charge on any atom is 0.0215 e. The summed E-state index contributed by atoms with van der Waals surface area (Å²) in [5.41, 5.74) is 5.02. The van der Waals surface area contributed by atoms with Gasteiger partial charge >= 0.3 is 0 Å². The molecule has 1 nitrogen and oxygen atoms in total. The summed E-state index contributed by atoms with van der Waals surface area (Å²) in [6.07, 6.45) is 2.22. The van der Waals surface area contributed by atoms with Gasteiger partial charge in [-0.3, -0.25) is 0 Å². The summed E-state index contributed by atoms with van der Waals surface area (Å²) >= 11 is 0. The van der Waals surface area contributed by atoms with Gasteiger partial charge in [-0.2, -0.15) is 0 Å². The topological polar surface area (TPSA) is 26.0 Å². The van der Waals surface area contributed by atoms with Gasteiger partial charge < -0.3 is 5.73 Å². The Balaban J connectivity index is 3.47. The minimum Gasteiger partial charge on any atom is -0.359 e. The largest absolute Gasteiger partial charge is 0.359 e.